The van der Waals surface area contributed by atoms with E-state index in [1.807, 2.05) is 12.1 Å². The van der Waals surface area contributed by atoms with Crippen molar-refractivity contribution in [2.75, 3.05) is 6.61 Å². The van der Waals surface area contributed by atoms with Crippen LogP contribution < -0.4 is 0 Å². The van der Waals surface area contributed by atoms with E-state index in [1.54, 1.807) is 0 Å². The zero-order valence-electron chi connectivity index (χ0n) is 8.34. The number of hydrogen-bond acceptors (Lipinski definition) is 0. The maximum atomic E-state index is 12.5. The molecule has 0 aliphatic rings. The van der Waals surface area contributed by atoms with E-state index < -0.39 is 0 Å². The molecule has 0 saturated carbocycles. The molecular formula is C12H16FO. The number of unbranched alkanes of at least 4 members (excludes halogenated alkanes) is 3. The molecule has 1 aromatic carbocycles. The van der Waals surface area contributed by atoms with Gasteiger partial charge < -0.3 is 0 Å². The zero-order valence-corrected chi connectivity index (χ0v) is 8.34. The fourth-order valence-corrected chi connectivity index (χ4v) is 1.44. The summed E-state index contributed by atoms with van der Waals surface area (Å²) in [5.74, 6) is -0.180. The van der Waals surface area contributed by atoms with E-state index in [4.69, 9.17) is 0 Å². The van der Waals surface area contributed by atoms with Crippen LogP contribution in [0.5, 0.6) is 0 Å². The first-order valence-electron chi connectivity index (χ1n) is 5.15. The maximum Gasteiger partial charge on any atom is 0.123 e. The van der Waals surface area contributed by atoms with E-state index in [2.05, 4.69) is 0 Å². The van der Waals surface area contributed by atoms with Crippen LogP contribution in [0.25, 0.3) is 0 Å². The zero-order chi connectivity index (χ0) is 10.2. The third-order valence-corrected chi connectivity index (χ3v) is 2.27. The van der Waals surface area contributed by atoms with Gasteiger partial charge in [0.05, 0.1) is 6.61 Å². The van der Waals surface area contributed by atoms with Gasteiger partial charge in [0.25, 0.3) is 0 Å². The lowest BCUT2D eigenvalue weighted by atomic mass is 10.1. The van der Waals surface area contributed by atoms with Gasteiger partial charge in [-0.3, -0.25) is 0 Å². The van der Waals surface area contributed by atoms with Crippen LogP contribution in [0.3, 0.4) is 0 Å². The standard InChI is InChI=1S/C12H16FO/c13-12-8-6-11(7-9-12)5-3-1-2-4-10-14/h6-9H,1-5,10H2. The molecule has 0 N–H and O–H groups in total. The van der Waals surface area contributed by atoms with Crippen molar-refractivity contribution in [1.82, 2.24) is 0 Å². The van der Waals surface area contributed by atoms with E-state index in [0.717, 1.165) is 32.1 Å². The average molecular weight is 195 g/mol. The molecule has 1 nitrogen and oxygen atoms in total. The SMILES string of the molecule is [O]CCCCCCc1ccc(F)cc1. The second-order valence-corrected chi connectivity index (χ2v) is 3.49. The molecule has 0 unspecified atom stereocenters. The minimum atomic E-state index is -0.180. The second-order valence-electron chi connectivity index (χ2n) is 3.49. The minimum absolute atomic E-state index is 0.0382. The van der Waals surface area contributed by atoms with Crippen LogP contribution in [0.4, 0.5) is 4.39 Å². The van der Waals surface area contributed by atoms with Crippen molar-refractivity contribution in [2.24, 2.45) is 0 Å². The van der Waals surface area contributed by atoms with Crippen molar-refractivity contribution in [3.8, 4) is 0 Å². The van der Waals surface area contributed by atoms with Crippen molar-refractivity contribution in [2.45, 2.75) is 32.1 Å². The van der Waals surface area contributed by atoms with Gasteiger partial charge >= 0.3 is 0 Å². The van der Waals surface area contributed by atoms with Crippen LogP contribution in [0.2, 0.25) is 0 Å². The quantitative estimate of drug-likeness (QED) is 0.620. The molecule has 0 amide bonds. The Kier molecular flexibility index (Phi) is 5.23. The summed E-state index contributed by atoms with van der Waals surface area (Å²) >= 11 is 0. The van der Waals surface area contributed by atoms with E-state index in [9.17, 15) is 9.50 Å². The Morgan fingerprint density at radius 2 is 1.57 bits per heavy atom. The number of halogens is 1. The molecule has 1 aromatic rings. The van der Waals surface area contributed by atoms with Gasteiger partial charge in [0.1, 0.15) is 5.82 Å². The van der Waals surface area contributed by atoms with E-state index in [-0.39, 0.29) is 12.4 Å². The molecule has 0 bridgehead atoms. The Bertz CT molecular complexity index is 243. The van der Waals surface area contributed by atoms with Gasteiger partial charge in [-0.05, 0) is 37.0 Å². The van der Waals surface area contributed by atoms with Gasteiger partial charge in [-0.25, -0.2) is 9.50 Å². The molecule has 2 heteroatoms. The Hall–Kier alpha value is -0.890. The van der Waals surface area contributed by atoms with E-state index in [0.29, 0.717) is 0 Å². The summed E-state index contributed by atoms with van der Waals surface area (Å²) < 4.78 is 12.5. The molecule has 0 heterocycles. The van der Waals surface area contributed by atoms with Crippen LogP contribution in [0.1, 0.15) is 31.2 Å². The lowest BCUT2D eigenvalue weighted by Gasteiger charge is -2.00. The summed E-state index contributed by atoms with van der Waals surface area (Å²) in [5, 5.41) is 10.2. The minimum Gasteiger partial charge on any atom is -0.237 e. The molecule has 77 valence electrons. The van der Waals surface area contributed by atoms with Crippen LogP contribution in [-0.4, -0.2) is 6.61 Å². The highest BCUT2D eigenvalue weighted by Gasteiger charge is 1.94. The highest BCUT2D eigenvalue weighted by Crippen LogP contribution is 2.08. The summed E-state index contributed by atoms with van der Waals surface area (Å²) in [5.41, 5.74) is 1.17. The summed E-state index contributed by atoms with van der Waals surface area (Å²) in [6.45, 7) is 0.0382. The van der Waals surface area contributed by atoms with Gasteiger partial charge in [-0.15, -0.1) is 0 Å². The molecule has 1 rings (SSSR count). The highest BCUT2D eigenvalue weighted by atomic mass is 19.1. The van der Waals surface area contributed by atoms with E-state index >= 15 is 0 Å². The van der Waals surface area contributed by atoms with Crippen molar-refractivity contribution < 1.29 is 9.50 Å². The van der Waals surface area contributed by atoms with Crippen LogP contribution in [0.15, 0.2) is 24.3 Å². The molecule has 0 atom stereocenters. The molecule has 0 aromatic heterocycles. The summed E-state index contributed by atoms with van der Waals surface area (Å²) in [6.07, 6.45) is 4.97. The predicted octanol–water partition coefficient (Wildman–Crippen LogP) is 3.36. The Labute approximate surface area is 84.6 Å². The van der Waals surface area contributed by atoms with E-state index in [1.165, 1.54) is 17.7 Å². The first kappa shape index (κ1) is 11.2. The fourth-order valence-electron chi connectivity index (χ4n) is 1.44. The van der Waals surface area contributed by atoms with Gasteiger partial charge in [0, 0.05) is 0 Å². The Morgan fingerprint density at radius 3 is 2.21 bits per heavy atom. The summed E-state index contributed by atoms with van der Waals surface area (Å²) in [7, 11) is 0. The average Bonchev–Trinajstić information content (AvgIpc) is 2.21. The smallest absolute Gasteiger partial charge is 0.123 e. The van der Waals surface area contributed by atoms with Crippen molar-refractivity contribution in [1.29, 1.82) is 0 Å². The van der Waals surface area contributed by atoms with Crippen molar-refractivity contribution in [3.63, 3.8) is 0 Å². The largest absolute Gasteiger partial charge is 0.237 e. The van der Waals surface area contributed by atoms with Crippen molar-refractivity contribution in [3.05, 3.63) is 35.6 Å². The number of rotatable bonds is 6. The third-order valence-electron chi connectivity index (χ3n) is 2.27. The summed E-state index contributed by atoms with van der Waals surface area (Å²) in [6, 6.07) is 6.63. The monoisotopic (exact) mass is 195 g/mol. The van der Waals surface area contributed by atoms with Gasteiger partial charge in [-0.2, -0.15) is 0 Å². The lowest BCUT2D eigenvalue weighted by molar-refractivity contribution is 0.186. The molecule has 0 saturated heterocycles. The van der Waals surface area contributed by atoms with Gasteiger partial charge in [0.2, 0.25) is 0 Å². The number of benzene rings is 1. The molecule has 0 aliphatic heterocycles. The topological polar surface area (TPSA) is 19.9 Å². The first-order valence-corrected chi connectivity index (χ1v) is 5.15. The van der Waals surface area contributed by atoms with Gasteiger partial charge in [-0.1, -0.05) is 25.0 Å². The molecule has 0 fully saturated rings. The number of aryl methyl sites for hydroxylation is 1. The first-order chi connectivity index (χ1) is 6.83. The Balaban J connectivity index is 2.15. The summed E-state index contributed by atoms with van der Waals surface area (Å²) in [4.78, 5) is 0. The molecule has 0 spiro atoms. The Morgan fingerprint density at radius 1 is 0.929 bits per heavy atom. The molecule has 14 heavy (non-hydrogen) atoms. The molecule has 0 aliphatic carbocycles. The second kappa shape index (κ2) is 6.55. The van der Waals surface area contributed by atoms with Crippen molar-refractivity contribution >= 4 is 0 Å². The fraction of sp³-hybridized carbons (Fsp3) is 0.500. The third kappa shape index (κ3) is 4.38. The predicted molar refractivity (Wildman–Crippen MR) is 54.1 cm³/mol. The van der Waals surface area contributed by atoms with Crippen LogP contribution >= 0.6 is 0 Å². The lowest BCUT2D eigenvalue weighted by Crippen LogP contribution is -1.87. The van der Waals surface area contributed by atoms with Crippen LogP contribution in [0, 0.1) is 5.82 Å². The number of hydrogen-bond donors (Lipinski definition) is 0. The molecule has 1 radical (unpaired) electrons. The normalized spacial score (nSPS) is 10.4. The van der Waals surface area contributed by atoms with Gasteiger partial charge in [0.15, 0.2) is 0 Å². The van der Waals surface area contributed by atoms with Crippen LogP contribution in [-0.2, 0) is 11.5 Å². The maximum absolute atomic E-state index is 12.5. The molecular weight excluding hydrogens is 179 g/mol. The highest BCUT2D eigenvalue weighted by molar-refractivity contribution is 5.15.